The number of hydrogen-bond donors (Lipinski definition) is 0. The molecule has 0 aliphatic carbocycles. The van der Waals surface area contributed by atoms with Crippen LogP contribution in [0.2, 0.25) is 0 Å². The van der Waals surface area contributed by atoms with E-state index in [4.69, 9.17) is 4.74 Å². The van der Waals surface area contributed by atoms with Crippen molar-refractivity contribution in [3.05, 3.63) is 78.8 Å². The van der Waals surface area contributed by atoms with Crippen LogP contribution in [0.4, 0.5) is 0 Å². The van der Waals surface area contributed by atoms with Crippen LogP contribution in [0.15, 0.2) is 73.2 Å². The van der Waals surface area contributed by atoms with Crippen molar-refractivity contribution in [2.75, 3.05) is 13.1 Å². The number of piperidine rings is 1. The highest BCUT2D eigenvalue weighted by Crippen LogP contribution is 2.26. The van der Waals surface area contributed by atoms with Crippen LogP contribution in [0.5, 0.6) is 5.88 Å². The molecule has 0 radical (unpaired) electrons. The van der Waals surface area contributed by atoms with E-state index in [0.717, 1.165) is 23.6 Å². The molecule has 0 bridgehead atoms. The lowest BCUT2D eigenvalue weighted by molar-refractivity contribution is 0.0531. The van der Waals surface area contributed by atoms with Crippen LogP contribution in [0, 0.1) is 0 Å². The zero-order valence-electron chi connectivity index (χ0n) is 16.4. The Kier molecular flexibility index (Phi) is 4.85. The maximum atomic E-state index is 13.3. The molecule has 3 heterocycles. The number of aromatic nitrogens is 4. The summed E-state index contributed by atoms with van der Waals surface area (Å²) >= 11 is 0. The molecule has 1 fully saturated rings. The van der Waals surface area contributed by atoms with Crippen LogP contribution in [0.25, 0.3) is 16.5 Å². The van der Waals surface area contributed by atoms with Crippen LogP contribution in [0.3, 0.4) is 0 Å². The van der Waals surface area contributed by atoms with Gasteiger partial charge in [-0.25, -0.2) is 4.98 Å². The van der Waals surface area contributed by atoms with Gasteiger partial charge in [-0.05, 0) is 42.5 Å². The minimum atomic E-state index is -0.101. The maximum absolute atomic E-state index is 13.3. The Bertz CT molecular complexity index is 1170. The molecule has 5 rings (SSSR count). The summed E-state index contributed by atoms with van der Waals surface area (Å²) in [5.74, 6) is 0.579. The lowest BCUT2D eigenvalue weighted by Crippen LogP contribution is -2.44. The van der Waals surface area contributed by atoms with Gasteiger partial charge in [0, 0.05) is 18.1 Å². The molecule has 2 aromatic heterocycles. The fourth-order valence-electron chi connectivity index (χ4n) is 3.90. The van der Waals surface area contributed by atoms with Crippen molar-refractivity contribution < 1.29 is 9.53 Å². The summed E-state index contributed by atoms with van der Waals surface area (Å²) in [5, 5.41) is 10.4. The predicted molar refractivity (Wildman–Crippen MR) is 113 cm³/mol. The minimum Gasteiger partial charge on any atom is -0.472 e. The van der Waals surface area contributed by atoms with Crippen molar-refractivity contribution in [1.82, 2.24) is 24.9 Å². The first-order valence-corrected chi connectivity index (χ1v) is 10.0. The number of ether oxygens (including phenoxy) is 1. The van der Waals surface area contributed by atoms with E-state index >= 15 is 0 Å². The van der Waals surface area contributed by atoms with Gasteiger partial charge in [0.2, 0.25) is 5.88 Å². The summed E-state index contributed by atoms with van der Waals surface area (Å²) in [6, 6.07) is 17.4. The van der Waals surface area contributed by atoms with Gasteiger partial charge in [0.05, 0.1) is 30.2 Å². The number of carbonyl (C=O) groups excluding carboxylic acids is 1. The number of benzene rings is 2. The van der Waals surface area contributed by atoms with Crippen molar-refractivity contribution in [2.24, 2.45) is 0 Å². The third kappa shape index (κ3) is 3.50. The zero-order chi connectivity index (χ0) is 20.3. The summed E-state index contributed by atoms with van der Waals surface area (Å²) in [4.78, 5) is 21.1. The molecule has 30 heavy (non-hydrogen) atoms. The number of amides is 1. The second kappa shape index (κ2) is 7.94. The van der Waals surface area contributed by atoms with E-state index < -0.39 is 0 Å². The Balaban J connectivity index is 1.37. The topological polar surface area (TPSA) is 73.1 Å². The van der Waals surface area contributed by atoms with E-state index in [1.807, 2.05) is 59.5 Å². The Morgan fingerprint density at radius 1 is 0.967 bits per heavy atom. The van der Waals surface area contributed by atoms with Gasteiger partial charge < -0.3 is 9.64 Å². The van der Waals surface area contributed by atoms with E-state index in [9.17, 15) is 4.79 Å². The Morgan fingerprint density at radius 2 is 1.77 bits per heavy atom. The first-order valence-electron chi connectivity index (χ1n) is 10.0. The second-order valence-corrected chi connectivity index (χ2v) is 7.31. The Morgan fingerprint density at radius 3 is 2.67 bits per heavy atom. The molecule has 1 saturated heterocycles. The molecule has 1 atom stereocenters. The number of hydrogen-bond acceptors (Lipinski definition) is 5. The Labute approximate surface area is 173 Å². The first kappa shape index (κ1) is 18.3. The SMILES string of the molecule is O=C(c1ccccc1-n1nccn1)N1CCC[C@@H](Oc2nccc3ccccc23)C1. The van der Waals surface area contributed by atoms with Crippen LogP contribution >= 0.6 is 0 Å². The fourth-order valence-corrected chi connectivity index (χ4v) is 3.90. The third-order valence-corrected chi connectivity index (χ3v) is 5.35. The third-order valence-electron chi connectivity index (χ3n) is 5.35. The second-order valence-electron chi connectivity index (χ2n) is 7.31. The molecule has 0 saturated carbocycles. The van der Waals surface area contributed by atoms with Gasteiger partial charge in [0.1, 0.15) is 6.10 Å². The lowest BCUT2D eigenvalue weighted by Gasteiger charge is -2.33. The molecule has 1 aliphatic heterocycles. The molecule has 7 nitrogen and oxygen atoms in total. The summed E-state index contributed by atoms with van der Waals surface area (Å²) in [6.45, 7) is 1.22. The van der Waals surface area contributed by atoms with Gasteiger partial charge >= 0.3 is 0 Å². The van der Waals surface area contributed by atoms with Crippen molar-refractivity contribution >= 4 is 16.7 Å². The maximum Gasteiger partial charge on any atom is 0.256 e. The van der Waals surface area contributed by atoms with E-state index in [1.54, 1.807) is 18.6 Å². The van der Waals surface area contributed by atoms with E-state index in [2.05, 4.69) is 15.2 Å². The minimum absolute atomic E-state index is 0.0397. The molecule has 7 heteroatoms. The predicted octanol–water partition coefficient (Wildman–Crippen LogP) is 3.50. The van der Waals surface area contributed by atoms with Gasteiger partial charge in [0.15, 0.2) is 0 Å². The van der Waals surface area contributed by atoms with Gasteiger partial charge in [-0.1, -0.05) is 30.3 Å². The summed E-state index contributed by atoms with van der Waals surface area (Å²) in [7, 11) is 0. The smallest absolute Gasteiger partial charge is 0.256 e. The standard InChI is InChI=1S/C23H21N5O2/c29-23(20-9-3-4-10-21(20)28-25-13-14-26-28)27-15-5-7-18(16-27)30-22-19-8-2-1-6-17(19)11-12-24-22/h1-4,6,8-14,18H,5,7,15-16H2/t18-/m1/s1. The van der Waals surface area contributed by atoms with Gasteiger partial charge in [-0.2, -0.15) is 15.0 Å². The molecule has 2 aromatic carbocycles. The molecule has 150 valence electrons. The van der Waals surface area contributed by atoms with Crippen LogP contribution in [-0.2, 0) is 0 Å². The zero-order valence-corrected chi connectivity index (χ0v) is 16.4. The number of fused-ring (bicyclic) bond motifs is 1. The molecule has 1 aliphatic rings. The molecular weight excluding hydrogens is 378 g/mol. The molecule has 0 N–H and O–H groups in total. The normalized spacial score (nSPS) is 16.5. The van der Waals surface area contributed by atoms with Crippen LogP contribution in [-0.4, -0.2) is 50.0 Å². The van der Waals surface area contributed by atoms with Crippen molar-refractivity contribution in [1.29, 1.82) is 0 Å². The highest BCUT2D eigenvalue weighted by molar-refractivity contribution is 5.97. The number of rotatable bonds is 4. The van der Waals surface area contributed by atoms with Crippen molar-refractivity contribution in [2.45, 2.75) is 18.9 Å². The van der Waals surface area contributed by atoms with E-state index in [0.29, 0.717) is 30.2 Å². The Hall–Kier alpha value is -3.74. The summed E-state index contributed by atoms with van der Waals surface area (Å²) in [6.07, 6.45) is 6.62. The van der Waals surface area contributed by atoms with Crippen molar-refractivity contribution in [3.63, 3.8) is 0 Å². The van der Waals surface area contributed by atoms with Crippen LogP contribution < -0.4 is 4.74 Å². The first-order chi connectivity index (χ1) is 14.8. The fraction of sp³-hybridized carbons (Fsp3) is 0.217. The van der Waals surface area contributed by atoms with E-state index in [1.165, 1.54) is 4.80 Å². The average molecular weight is 399 g/mol. The monoisotopic (exact) mass is 399 g/mol. The van der Waals surface area contributed by atoms with E-state index in [-0.39, 0.29) is 12.0 Å². The molecule has 1 amide bonds. The number of pyridine rings is 1. The van der Waals surface area contributed by atoms with Gasteiger partial charge in [-0.3, -0.25) is 4.79 Å². The molecule has 4 aromatic rings. The van der Waals surface area contributed by atoms with Crippen LogP contribution in [0.1, 0.15) is 23.2 Å². The number of likely N-dealkylation sites (tertiary alicyclic amines) is 1. The quantitative estimate of drug-likeness (QED) is 0.525. The highest BCUT2D eigenvalue weighted by atomic mass is 16.5. The van der Waals surface area contributed by atoms with Gasteiger partial charge in [0.25, 0.3) is 5.91 Å². The van der Waals surface area contributed by atoms with Crippen molar-refractivity contribution in [3.8, 4) is 11.6 Å². The summed E-state index contributed by atoms with van der Waals surface area (Å²) in [5.41, 5.74) is 1.25. The number of nitrogens with zero attached hydrogens (tertiary/aromatic N) is 5. The largest absolute Gasteiger partial charge is 0.472 e. The molecular formula is C23H21N5O2. The number of para-hydroxylation sites is 1. The highest BCUT2D eigenvalue weighted by Gasteiger charge is 2.28. The van der Waals surface area contributed by atoms with Gasteiger partial charge in [-0.15, -0.1) is 0 Å². The summed E-state index contributed by atoms with van der Waals surface area (Å²) < 4.78 is 6.25. The molecule has 0 unspecified atom stereocenters. The molecule has 0 spiro atoms. The lowest BCUT2D eigenvalue weighted by atomic mass is 10.1. The average Bonchev–Trinajstić information content (AvgIpc) is 3.34. The number of carbonyl (C=O) groups is 1.